The van der Waals surface area contributed by atoms with Gasteiger partial charge in [-0.1, -0.05) is 13.8 Å². The van der Waals surface area contributed by atoms with E-state index in [4.69, 9.17) is 5.11 Å². The van der Waals surface area contributed by atoms with Crippen LogP contribution in [-0.4, -0.2) is 23.8 Å². The zero-order valence-corrected chi connectivity index (χ0v) is 6.52. The molecule has 1 rings (SSSR count). The molecule has 1 heterocycles. The van der Waals surface area contributed by atoms with Crippen molar-refractivity contribution in [2.24, 2.45) is 0 Å². The molecule has 1 fully saturated rings. The molecule has 2 unspecified atom stereocenters. The summed E-state index contributed by atoms with van der Waals surface area (Å²) in [5.74, 6) is 0. The molecule has 2 N–H and O–H groups in total. The Morgan fingerprint density at radius 1 is 1.44 bits per heavy atom. The van der Waals surface area contributed by atoms with Gasteiger partial charge in [-0.05, 0) is 13.3 Å². The minimum absolute atomic E-state index is 0.0880. The number of rotatable bonds is 0. The van der Waals surface area contributed by atoms with Crippen LogP contribution in [-0.2, 0) is 0 Å². The van der Waals surface area contributed by atoms with Crippen LogP contribution in [0.1, 0.15) is 27.2 Å². The number of nitrogens with one attached hydrogen (secondary N) is 1. The van der Waals surface area contributed by atoms with Gasteiger partial charge in [0.25, 0.3) is 0 Å². The number of β-amino-alcohol motifs (C(OH)–C–C–N with tert-alkyl or cyclic N) is 1. The smallest absolute Gasteiger partial charge is 0.0679 e. The van der Waals surface area contributed by atoms with E-state index in [0.29, 0.717) is 6.04 Å². The summed E-state index contributed by atoms with van der Waals surface area (Å²) in [7, 11) is 0. The highest BCUT2D eigenvalue weighted by Gasteiger charge is 2.16. The van der Waals surface area contributed by atoms with Crippen molar-refractivity contribution in [1.82, 2.24) is 5.32 Å². The summed E-state index contributed by atoms with van der Waals surface area (Å²) in [6, 6.07) is 0.523. The lowest BCUT2D eigenvalue weighted by Crippen LogP contribution is -2.17. The highest BCUT2D eigenvalue weighted by molar-refractivity contribution is 4.76. The molecule has 9 heavy (non-hydrogen) atoms. The summed E-state index contributed by atoms with van der Waals surface area (Å²) in [6.45, 7) is 6.86. The molecular weight excluding hydrogens is 114 g/mol. The van der Waals surface area contributed by atoms with Crippen LogP contribution in [0.5, 0.6) is 0 Å². The topological polar surface area (TPSA) is 32.3 Å². The zero-order chi connectivity index (χ0) is 7.28. The second kappa shape index (κ2) is 4.77. The van der Waals surface area contributed by atoms with Crippen molar-refractivity contribution >= 4 is 0 Å². The van der Waals surface area contributed by atoms with Gasteiger partial charge in [0.2, 0.25) is 0 Å². The quantitative estimate of drug-likeness (QED) is 0.508. The Hall–Kier alpha value is -0.0800. The highest BCUT2D eigenvalue weighted by atomic mass is 16.3. The van der Waals surface area contributed by atoms with Gasteiger partial charge in [-0.3, -0.25) is 0 Å². The lowest BCUT2D eigenvalue weighted by atomic mass is 10.2. The van der Waals surface area contributed by atoms with Gasteiger partial charge in [0.15, 0.2) is 0 Å². The van der Waals surface area contributed by atoms with E-state index in [0.717, 1.165) is 13.0 Å². The lowest BCUT2D eigenvalue weighted by molar-refractivity contribution is 0.194. The zero-order valence-electron chi connectivity index (χ0n) is 6.52. The minimum Gasteiger partial charge on any atom is -0.392 e. The SMILES string of the molecule is CC.CC1CC(O)CN1. The maximum Gasteiger partial charge on any atom is 0.0679 e. The van der Waals surface area contributed by atoms with Crippen LogP contribution in [0.2, 0.25) is 0 Å². The lowest BCUT2D eigenvalue weighted by Gasteiger charge is -1.95. The maximum absolute atomic E-state index is 8.84. The van der Waals surface area contributed by atoms with Crippen LogP contribution in [0.3, 0.4) is 0 Å². The van der Waals surface area contributed by atoms with E-state index in [1.165, 1.54) is 0 Å². The number of hydrogen-bond donors (Lipinski definition) is 2. The number of aliphatic hydroxyl groups excluding tert-OH is 1. The first kappa shape index (κ1) is 8.92. The van der Waals surface area contributed by atoms with Crippen molar-refractivity contribution in [3.63, 3.8) is 0 Å². The van der Waals surface area contributed by atoms with Crippen LogP contribution in [0.25, 0.3) is 0 Å². The maximum atomic E-state index is 8.84. The van der Waals surface area contributed by atoms with Crippen LogP contribution >= 0.6 is 0 Å². The standard InChI is InChI=1S/C5H11NO.C2H6/c1-4-2-5(7)3-6-4;1-2/h4-7H,2-3H2,1H3;1-2H3. The second-order valence-corrected chi connectivity index (χ2v) is 2.20. The molecule has 2 atom stereocenters. The molecule has 1 aliphatic rings. The fourth-order valence-electron chi connectivity index (χ4n) is 0.912. The summed E-state index contributed by atoms with van der Waals surface area (Å²) < 4.78 is 0. The van der Waals surface area contributed by atoms with E-state index in [1.807, 2.05) is 13.8 Å². The third kappa shape index (κ3) is 3.49. The largest absolute Gasteiger partial charge is 0.392 e. The van der Waals surface area contributed by atoms with E-state index in [-0.39, 0.29) is 6.10 Å². The van der Waals surface area contributed by atoms with Gasteiger partial charge in [-0.2, -0.15) is 0 Å². The monoisotopic (exact) mass is 131 g/mol. The highest BCUT2D eigenvalue weighted by Crippen LogP contribution is 2.03. The predicted octanol–water partition coefficient (Wildman–Crippen LogP) is 0.755. The van der Waals surface area contributed by atoms with E-state index in [1.54, 1.807) is 0 Å². The molecule has 0 aromatic rings. The van der Waals surface area contributed by atoms with Crippen LogP contribution < -0.4 is 5.32 Å². The fraction of sp³-hybridized carbons (Fsp3) is 1.00. The van der Waals surface area contributed by atoms with Gasteiger partial charge in [-0.25, -0.2) is 0 Å². The minimum atomic E-state index is -0.0880. The van der Waals surface area contributed by atoms with Gasteiger partial charge in [-0.15, -0.1) is 0 Å². The number of aliphatic hydroxyl groups is 1. The Morgan fingerprint density at radius 2 is 2.00 bits per heavy atom. The third-order valence-electron chi connectivity index (χ3n) is 1.33. The molecule has 2 heteroatoms. The number of hydrogen-bond acceptors (Lipinski definition) is 2. The molecule has 0 radical (unpaired) electrons. The molecule has 0 amide bonds. The molecule has 2 nitrogen and oxygen atoms in total. The predicted molar refractivity (Wildman–Crippen MR) is 39.4 cm³/mol. The first-order valence-corrected chi connectivity index (χ1v) is 3.70. The molecular formula is C7H17NO. The molecule has 0 bridgehead atoms. The van der Waals surface area contributed by atoms with E-state index >= 15 is 0 Å². The van der Waals surface area contributed by atoms with Crippen molar-refractivity contribution < 1.29 is 5.11 Å². The summed E-state index contributed by atoms with van der Waals surface area (Å²) >= 11 is 0. The van der Waals surface area contributed by atoms with E-state index < -0.39 is 0 Å². The Bertz CT molecular complexity index is 57.9. The first-order valence-electron chi connectivity index (χ1n) is 3.70. The van der Waals surface area contributed by atoms with Crippen LogP contribution in [0, 0.1) is 0 Å². The average molecular weight is 131 g/mol. The summed E-state index contributed by atoms with van der Waals surface area (Å²) in [6.07, 6.45) is 0.829. The molecule has 0 saturated carbocycles. The molecule has 0 aliphatic carbocycles. The van der Waals surface area contributed by atoms with Gasteiger partial charge in [0.1, 0.15) is 0 Å². The van der Waals surface area contributed by atoms with Gasteiger partial charge in [0, 0.05) is 12.6 Å². The second-order valence-electron chi connectivity index (χ2n) is 2.20. The van der Waals surface area contributed by atoms with Gasteiger partial charge >= 0.3 is 0 Å². The van der Waals surface area contributed by atoms with E-state index in [2.05, 4.69) is 12.2 Å². The summed E-state index contributed by atoms with van der Waals surface area (Å²) in [5.41, 5.74) is 0. The first-order chi connectivity index (χ1) is 4.29. The molecule has 0 spiro atoms. The molecule has 1 aliphatic heterocycles. The molecule has 56 valence electrons. The van der Waals surface area contributed by atoms with Crippen molar-refractivity contribution in [2.45, 2.75) is 39.3 Å². The van der Waals surface area contributed by atoms with Crippen molar-refractivity contribution in [3.8, 4) is 0 Å². The van der Waals surface area contributed by atoms with E-state index in [9.17, 15) is 0 Å². The van der Waals surface area contributed by atoms with Crippen LogP contribution in [0.4, 0.5) is 0 Å². The molecule has 0 aromatic heterocycles. The van der Waals surface area contributed by atoms with Crippen molar-refractivity contribution in [2.75, 3.05) is 6.54 Å². The van der Waals surface area contributed by atoms with Gasteiger partial charge < -0.3 is 10.4 Å². The van der Waals surface area contributed by atoms with Crippen molar-refractivity contribution in [1.29, 1.82) is 0 Å². The Kier molecular flexibility index (Phi) is 4.72. The molecule has 1 saturated heterocycles. The Balaban J connectivity index is 0.000000291. The summed E-state index contributed by atoms with van der Waals surface area (Å²) in [5, 5.41) is 12.0. The van der Waals surface area contributed by atoms with Crippen LogP contribution in [0.15, 0.2) is 0 Å². The average Bonchev–Trinajstić information content (AvgIpc) is 2.20. The Morgan fingerprint density at radius 3 is 2.11 bits per heavy atom. The normalized spacial score (nSPS) is 33.3. The third-order valence-corrected chi connectivity index (χ3v) is 1.33. The van der Waals surface area contributed by atoms with Crippen molar-refractivity contribution in [3.05, 3.63) is 0 Å². The molecule has 0 aromatic carbocycles. The Labute approximate surface area is 57.3 Å². The summed E-state index contributed by atoms with van der Waals surface area (Å²) in [4.78, 5) is 0. The fourth-order valence-corrected chi connectivity index (χ4v) is 0.912. The van der Waals surface area contributed by atoms with Gasteiger partial charge in [0.05, 0.1) is 6.10 Å².